The number of carbonyl (C=O) groups excluding carboxylic acids is 1. The minimum atomic E-state index is -1.60. The van der Waals surface area contributed by atoms with Crippen molar-refractivity contribution in [2.75, 3.05) is 7.11 Å². The molecule has 0 bridgehead atoms. The van der Waals surface area contributed by atoms with Crippen molar-refractivity contribution >= 4 is 14.0 Å². The molecule has 34 heavy (non-hydrogen) atoms. The first-order valence-corrected chi connectivity index (χ1v) is 15.0. The van der Waals surface area contributed by atoms with Crippen molar-refractivity contribution < 1.29 is 18.7 Å². The Balaban J connectivity index is 2.06. The predicted octanol–water partition coefficient (Wildman–Crippen LogP) is 6.01. The summed E-state index contributed by atoms with van der Waals surface area (Å²) in [5.41, 5.74) is 6.64. The zero-order chi connectivity index (χ0) is 25.3. The molecule has 0 saturated carbocycles. The SMILES string of the molecule is COC(=O)Cc1ccc(C#Cc2cc(C#C[Si](C)(C)C)c3c(c2)C(C)(C)CC(C)(C)O3)cc1F. The summed E-state index contributed by atoms with van der Waals surface area (Å²) < 4.78 is 25.5. The van der Waals surface area contributed by atoms with Gasteiger partial charge < -0.3 is 9.47 Å². The Morgan fingerprint density at radius 2 is 1.74 bits per heavy atom. The van der Waals surface area contributed by atoms with E-state index in [1.165, 1.54) is 13.2 Å². The zero-order valence-corrected chi connectivity index (χ0v) is 22.4. The van der Waals surface area contributed by atoms with Crippen LogP contribution in [0.2, 0.25) is 19.6 Å². The van der Waals surface area contributed by atoms with Crippen molar-refractivity contribution in [2.45, 2.75) is 71.2 Å². The van der Waals surface area contributed by atoms with Gasteiger partial charge in [0.2, 0.25) is 0 Å². The lowest BCUT2D eigenvalue weighted by atomic mass is 9.72. The monoisotopic (exact) mass is 476 g/mol. The van der Waals surface area contributed by atoms with Gasteiger partial charge in [0, 0.05) is 16.7 Å². The molecule has 2 aromatic rings. The maximum atomic E-state index is 14.4. The fourth-order valence-electron chi connectivity index (χ4n) is 4.27. The topological polar surface area (TPSA) is 35.5 Å². The number of fused-ring (bicyclic) bond motifs is 1. The quantitative estimate of drug-likeness (QED) is 0.303. The molecule has 0 radical (unpaired) electrons. The number of hydrogen-bond donors (Lipinski definition) is 0. The van der Waals surface area contributed by atoms with E-state index in [1.54, 1.807) is 12.1 Å². The first kappa shape index (κ1) is 25.6. The highest BCUT2D eigenvalue weighted by Crippen LogP contribution is 2.46. The van der Waals surface area contributed by atoms with Gasteiger partial charge in [-0.15, -0.1) is 5.54 Å². The highest BCUT2D eigenvalue weighted by molar-refractivity contribution is 6.83. The fraction of sp³-hybridized carbons (Fsp3) is 0.414. The second-order valence-corrected chi connectivity index (χ2v) is 15.9. The summed E-state index contributed by atoms with van der Waals surface area (Å²) in [4.78, 5) is 11.5. The molecule has 0 aliphatic carbocycles. The summed E-state index contributed by atoms with van der Waals surface area (Å²) in [5, 5.41) is 0. The Kier molecular flexibility index (Phi) is 7.01. The average molecular weight is 477 g/mol. The van der Waals surface area contributed by atoms with Crippen molar-refractivity contribution in [1.29, 1.82) is 0 Å². The number of esters is 1. The Hall–Kier alpha value is -3.02. The Morgan fingerprint density at radius 1 is 1.06 bits per heavy atom. The molecule has 0 aromatic heterocycles. The van der Waals surface area contributed by atoms with Crippen molar-refractivity contribution in [3.05, 3.63) is 64.0 Å². The van der Waals surface area contributed by atoms with Gasteiger partial charge in [-0.2, -0.15) is 0 Å². The summed E-state index contributed by atoms with van der Waals surface area (Å²) in [6.45, 7) is 15.3. The van der Waals surface area contributed by atoms with E-state index in [-0.39, 0.29) is 23.0 Å². The second kappa shape index (κ2) is 9.32. The van der Waals surface area contributed by atoms with Crippen LogP contribution in [0.4, 0.5) is 4.39 Å². The fourth-order valence-corrected chi connectivity index (χ4v) is 4.78. The largest absolute Gasteiger partial charge is 0.486 e. The van der Waals surface area contributed by atoms with E-state index in [0.717, 1.165) is 28.9 Å². The Bertz CT molecular complexity index is 1240. The van der Waals surface area contributed by atoms with Crippen LogP contribution in [0.15, 0.2) is 30.3 Å². The molecule has 178 valence electrons. The van der Waals surface area contributed by atoms with Crippen LogP contribution in [-0.2, 0) is 21.4 Å². The third-order valence-electron chi connectivity index (χ3n) is 5.60. The standard InChI is InChI=1S/C29H33FO3Si/c1-28(2)19-29(3,4)33-27-23(13-14-34(6,7)8)15-21(16-24(27)28)10-9-20-11-12-22(25(30)17-20)18-26(31)32-5/h11-12,15-17H,18-19H2,1-8H3. The van der Waals surface area contributed by atoms with Crippen molar-refractivity contribution in [3.8, 4) is 29.1 Å². The molecule has 0 atom stereocenters. The lowest BCUT2D eigenvalue weighted by molar-refractivity contribution is -0.139. The van der Waals surface area contributed by atoms with Crippen LogP contribution in [0.25, 0.3) is 0 Å². The third kappa shape index (κ3) is 6.30. The van der Waals surface area contributed by atoms with Crippen LogP contribution < -0.4 is 4.74 Å². The summed E-state index contributed by atoms with van der Waals surface area (Å²) in [6.07, 6.45) is 0.767. The van der Waals surface area contributed by atoms with Crippen molar-refractivity contribution in [2.24, 2.45) is 0 Å². The van der Waals surface area contributed by atoms with Gasteiger partial charge in [0.15, 0.2) is 0 Å². The van der Waals surface area contributed by atoms with Crippen molar-refractivity contribution in [1.82, 2.24) is 0 Å². The van der Waals surface area contributed by atoms with E-state index in [9.17, 15) is 9.18 Å². The highest BCUT2D eigenvalue weighted by atomic mass is 28.3. The maximum Gasteiger partial charge on any atom is 0.310 e. The summed E-state index contributed by atoms with van der Waals surface area (Å²) in [7, 11) is -0.313. The van der Waals surface area contributed by atoms with Gasteiger partial charge in [0.25, 0.3) is 0 Å². The van der Waals surface area contributed by atoms with Gasteiger partial charge in [-0.3, -0.25) is 4.79 Å². The van der Waals surface area contributed by atoms with Crippen LogP contribution in [0.5, 0.6) is 5.75 Å². The molecule has 0 N–H and O–H groups in total. The summed E-state index contributed by atoms with van der Waals surface area (Å²) in [6, 6.07) is 8.68. The van der Waals surface area contributed by atoms with E-state index in [1.807, 2.05) is 6.07 Å². The van der Waals surface area contributed by atoms with E-state index >= 15 is 0 Å². The third-order valence-corrected chi connectivity index (χ3v) is 6.48. The smallest absolute Gasteiger partial charge is 0.310 e. The first-order valence-electron chi connectivity index (χ1n) is 11.5. The van der Waals surface area contributed by atoms with Gasteiger partial charge in [-0.1, -0.05) is 57.3 Å². The molecule has 3 rings (SSSR count). The number of rotatable bonds is 2. The summed E-state index contributed by atoms with van der Waals surface area (Å²) >= 11 is 0. The number of hydrogen-bond acceptors (Lipinski definition) is 3. The molecular formula is C29H33FO3Si. The van der Waals surface area contributed by atoms with E-state index in [2.05, 4.69) is 81.4 Å². The zero-order valence-electron chi connectivity index (χ0n) is 21.4. The number of halogens is 1. The molecule has 0 saturated heterocycles. The second-order valence-electron chi connectivity index (χ2n) is 11.1. The highest BCUT2D eigenvalue weighted by Gasteiger charge is 2.40. The van der Waals surface area contributed by atoms with Crippen molar-refractivity contribution in [3.63, 3.8) is 0 Å². The Morgan fingerprint density at radius 3 is 2.35 bits per heavy atom. The van der Waals surface area contributed by atoms with Crippen LogP contribution in [0, 0.1) is 29.1 Å². The molecule has 2 aromatic carbocycles. The van der Waals surface area contributed by atoms with Crippen LogP contribution in [0.1, 0.15) is 61.9 Å². The average Bonchev–Trinajstić information content (AvgIpc) is 2.70. The van der Waals surface area contributed by atoms with Crippen LogP contribution >= 0.6 is 0 Å². The molecule has 1 aliphatic heterocycles. The molecule has 0 fully saturated rings. The van der Waals surface area contributed by atoms with E-state index in [4.69, 9.17) is 4.74 Å². The van der Waals surface area contributed by atoms with Crippen LogP contribution in [0.3, 0.4) is 0 Å². The maximum absolute atomic E-state index is 14.4. The minimum Gasteiger partial charge on any atom is -0.486 e. The number of ether oxygens (including phenoxy) is 2. The van der Waals surface area contributed by atoms with Gasteiger partial charge in [-0.05, 0) is 55.5 Å². The molecule has 1 heterocycles. The van der Waals surface area contributed by atoms with E-state index in [0.29, 0.717) is 5.56 Å². The lowest BCUT2D eigenvalue weighted by Crippen LogP contribution is -2.41. The molecule has 0 spiro atoms. The molecule has 0 amide bonds. The lowest BCUT2D eigenvalue weighted by Gasteiger charge is -2.43. The van der Waals surface area contributed by atoms with Gasteiger partial charge in [-0.25, -0.2) is 4.39 Å². The van der Waals surface area contributed by atoms with Crippen LogP contribution in [-0.4, -0.2) is 26.8 Å². The molecule has 3 nitrogen and oxygen atoms in total. The first-order chi connectivity index (χ1) is 15.7. The normalized spacial score (nSPS) is 15.6. The Labute approximate surface area is 204 Å². The van der Waals surface area contributed by atoms with Gasteiger partial charge in [0.05, 0.1) is 19.1 Å². The number of methoxy groups -OCH3 is 1. The minimum absolute atomic E-state index is 0.105. The molecular weight excluding hydrogens is 443 g/mol. The number of carbonyl (C=O) groups is 1. The number of benzene rings is 2. The van der Waals surface area contributed by atoms with Gasteiger partial charge >= 0.3 is 5.97 Å². The summed E-state index contributed by atoms with van der Waals surface area (Å²) in [5.74, 6) is 9.52. The predicted molar refractivity (Wildman–Crippen MR) is 137 cm³/mol. The van der Waals surface area contributed by atoms with Gasteiger partial charge in [0.1, 0.15) is 25.2 Å². The molecule has 5 heteroatoms. The molecule has 1 aliphatic rings. The van der Waals surface area contributed by atoms with E-state index < -0.39 is 19.9 Å². The molecule has 0 unspecified atom stereocenters.